The summed E-state index contributed by atoms with van der Waals surface area (Å²) in [5.41, 5.74) is 8.32. The van der Waals surface area contributed by atoms with Crippen molar-refractivity contribution in [2.24, 2.45) is 11.7 Å². The van der Waals surface area contributed by atoms with E-state index in [1.807, 2.05) is 31.1 Å². The highest BCUT2D eigenvalue weighted by atomic mass is 35.5. The molecule has 2 nitrogen and oxygen atoms in total. The van der Waals surface area contributed by atoms with E-state index in [4.69, 9.17) is 17.3 Å². The maximum atomic E-state index is 6.26. The smallest absolute Gasteiger partial charge is 0.0474 e. The Morgan fingerprint density at radius 3 is 2.35 bits per heavy atom. The van der Waals surface area contributed by atoms with Crippen molar-refractivity contribution < 1.29 is 0 Å². The van der Waals surface area contributed by atoms with Crippen molar-refractivity contribution in [2.45, 2.75) is 26.3 Å². The predicted octanol–water partition coefficient (Wildman–Crippen LogP) is 3.87. The quantitative estimate of drug-likeness (QED) is 0.905. The zero-order chi connectivity index (χ0) is 12.3. The minimum absolute atomic E-state index is 0. The van der Waals surface area contributed by atoms with Crippen LogP contribution in [0.25, 0.3) is 0 Å². The van der Waals surface area contributed by atoms with Gasteiger partial charge in [-0.2, -0.15) is 0 Å². The molecule has 1 aromatic rings. The molecule has 4 heteroatoms. The van der Waals surface area contributed by atoms with E-state index in [-0.39, 0.29) is 18.4 Å². The van der Waals surface area contributed by atoms with E-state index in [1.165, 1.54) is 0 Å². The van der Waals surface area contributed by atoms with Crippen molar-refractivity contribution >= 4 is 29.7 Å². The largest absolute Gasteiger partial charge is 0.378 e. The maximum absolute atomic E-state index is 6.26. The van der Waals surface area contributed by atoms with Crippen molar-refractivity contribution in [3.63, 3.8) is 0 Å². The molecule has 0 saturated carbocycles. The van der Waals surface area contributed by atoms with Crippen LogP contribution in [0.2, 0.25) is 5.02 Å². The van der Waals surface area contributed by atoms with Crippen LogP contribution in [0.3, 0.4) is 0 Å². The molecule has 0 saturated heterocycles. The van der Waals surface area contributed by atoms with Gasteiger partial charge in [0.25, 0.3) is 0 Å². The summed E-state index contributed by atoms with van der Waals surface area (Å²) in [6.45, 7) is 4.30. The minimum Gasteiger partial charge on any atom is -0.378 e. The summed E-state index contributed by atoms with van der Waals surface area (Å²) in [7, 11) is 4.00. The third-order valence-corrected chi connectivity index (χ3v) is 3.44. The van der Waals surface area contributed by atoms with Crippen LogP contribution in [0.4, 0.5) is 5.69 Å². The van der Waals surface area contributed by atoms with Crippen molar-refractivity contribution in [3.8, 4) is 0 Å². The Morgan fingerprint density at radius 2 is 1.94 bits per heavy atom. The molecule has 0 amide bonds. The average Bonchev–Trinajstić information content (AvgIpc) is 2.26. The van der Waals surface area contributed by atoms with Gasteiger partial charge in [0.15, 0.2) is 0 Å². The number of hydrogen-bond acceptors (Lipinski definition) is 2. The lowest BCUT2D eigenvalue weighted by Crippen LogP contribution is -2.19. The molecule has 1 unspecified atom stereocenters. The van der Waals surface area contributed by atoms with Gasteiger partial charge in [-0.15, -0.1) is 12.4 Å². The van der Waals surface area contributed by atoms with E-state index < -0.39 is 0 Å². The van der Waals surface area contributed by atoms with E-state index in [1.54, 1.807) is 0 Å². The Bertz CT molecular complexity index is 353. The first-order valence-electron chi connectivity index (χ1n) is 5.69. The number of hydrogen-bond donors (Lipinski definition) is 1. The first-order valence-corrected chi connectivity index (χ1v) is 6.07. The molecule has 0 aliphatic carbocycles. The second kappa shape index (κ2) is 7.10. The van der Waals surface area contributed by atoms with Crippen molar-refractivity contribution in [2.75, 3.05) is 19.0 Å². The maximum Gasteiger partial charge on any atom is 0.0474 e. The molecule has 0 aliphatic rings. The molecule has 1 aromatic carbocycles. The molecular weight excluding hydrogens is 255 g/mol. The molecule has 0 aromatic heterocycles. The second-order valence-electron chi connectivity index (χ2n) is 4.51. The Kier molecular flexibility index (Phi) is 6.91. The van der Waals surface area contributed by atoms with Crippen LogP contribution in [-0.4, -0.2) is 14.1 Å². The molecule has 0 aliphatic heterocycles. The third kappa shape index (κ3) is 4.06. The molecule has 2 atom stereocenters. The van der Waals surface area contributed by atoms with Gasteiger partial charge in [-0.05, 0) is 23.6 Å². The number of nitrogens with zero attached hydrogens (tertiary/aromatic N) is 1. The van der Waals surface area contributed by atoms with Crippen LogP contribution in [0.1, 0.15) is 31.9 Å². The Balaban J connectivity index is 0.00000256. The van der Waals surface area contributed by atoms with Crippen LogP contribution < -0.4 is 10.6 Å². The van der Waals surface area contributed by atoms with Gasteiger partial charge >= 0.3 is 0 Å². The van der Waals surface area contributed by atoms with Gasteiger partial charge in [-0.1, -0.05) is 37.9 Å². The Morgan fingerprint density at radius 1 is 1.35 bits per heavy atom. The normalized spacial score (nSPS) is 13.8. The van der Waals surface area contributed by atoms with Crippen LogP contribution in [0.15, 0.2) is 18.2 Å². The predicted molar refractivity (Wildman–Crippen MR) is 79.4 cm³/mol. The summed E-state index contributed by atoms with van der Waals surface area (Å²) in [5, 5.41) is 0.763. The third-order valence-electron chi connectivity index (χ3n) is 3.12. The fourth-order valence-corrected chi connectivity index (χ4v) is 1.93. The van der Waals surface area contributed by atoms with Crippen LogP contribution in [0.5, 0.6) is 0 Å². The van der Waals surface area contributed by atoms with E-state index in [0.29, 0.717) is 5.92 Å². The monoisotopic (exact) mass is 276 g/mol. The SMILES string of the molecule is CCC(C)[C@@H](N)c1ccc(N(C)C)cc1Cl.Cl. The van der Waals surface area contributed by atoms with Crippen molar-refractivity contribution in [3.05, 3.63) is 28.8 Å². The van der Waals surface area contributed by atoms with Gasteiger partial charge in [0, 0.05) is 30.8 Å². The second-order valence-corrected chi connectivity index (χ2v) is 4.92. The molecule has 0 spiro atoms. The first kappa shape index (κ1) is 16.6. The summed E-state index contributed by atoms with van der Waals surface area (Å²) < 4.78 is 0. The molecule has 0 heterocycles. The molecule has 98 valence electrons. The fraction of sp³-hybridized carbons (Fsp3) is 0.538. The highest BCUT2D eigenvalue weighted by molar-refractivity contribution is 6.31. The minimum atomic E-state index is 0. The molecular formula is C13H22Cl2N2. The first-order chi connectivity index (χ1) is 7.47. The van der Waals surface area contributed by atoms with Gasteiger partial charge in [0.05, 0.1) is 0 Å². The zero-order valence-corrected chi connectivity index (χ0v) is 12.5. The van der Waals surface area contributed by atoms with Gasteiger partial charge in [0.2, 0.25) is 0 Å². The van der Waals surface area contributed by atoms with Gasteiger partial charge in [-0.3, -0.25) is 0 Å². The number of rotatable bonds is 4. The van der Waals surface area contributed by atoms with E-state index >= 15 is 0 Å². The van der Waals surface area contributed by atoms with E-state index in [2.05, 4.69) is 19.9 Å². The fourth-order valence-electron chi connectivity index (χ4n) is 1.63. The molecule has 0 fully saturated rings. The van der Waals surface area contributed by atoms with Gasteiger partial charge < -0.3 is 10.6 Å². The average molecular weight is 277 g/mol. The number of nitrogens with two attached hydrogens (primary N) is 1. The molecule has 2 N–H and O–H groups in total. The Labute approximate surface area is 116 Å². The summed E-state index contributed by atoms with van der Waals surface area (Å²) in [6, 6.07) is 6.09. The Hall–Kier alpha value is -0.440. The molecule has 0 bridgehead atoms. The van der Waals surface area contributed by atoms with Crippen molar-refractivity contribution in [1.82, 2.24) is 0 Å². The zero-order valence-electron chi connectivity index (χ0n) is 10.9. The van der Waals surface area contributed by atoms with E-state index in [0.717, 1.165) is 22.7 Å². The summed E-state index contributed by atoms with van der Waals surface area (Å²) in [5.74, 6) is 0.447. The summed E-state index contributed by atoms with van der Waals surface area (Å²) in [6.07, 6.45) is 1.06. The van der Waals surface area contributed by atoms with E-state index in [9.17, 15) is 0 Å². The van der Waals surface area contributed by atoms with Crippen LogP contribution in [0, 0.1) is 5.92 Å². The molecule has 1 rings (SSSR count). The summed E-state index contributed by atoms with van der Waals surface area (Å²) in [4.78, 5) is 2.03. The molecule has 0 radical (unpaired) electrons. The number of benzene rings is 1. The lowest BCUT2D eigenvalue weighted by atomic mass is 9.93. The highest BCUT2D eigenvalue weighted by Gasteiger charge is 2.16. The van der Waals surface area contributed by atoms with Crippen molar-refractivity contribution in [1.29, 1.82) is 0 Å². The lowest BCUT2D eigenvalue weighted by Gasteiger charge is -2.21. The topological polar surface area (TPSA) is 29.3 Å². The number of halogens is 2. The number of anilines is 1. The molecule has 17 heavy (non-hydrogen) atoms. The van der Waals surface area contributed by atoms with Gasteiger partial charge in [0.1, 0.15) is 0 Å². The lowest BCUT2D eigenvalue weighted by molar-refractivity contribution is 0.457. The van der Waals surface area contributed by atoms with Crippen LogP contribution in [-0.2, 0) is 0 Å². The van der Waals surface area contributed by atoms with Gasteiger partial charge in [-0.25, -0.2) is 0 Å². The van der Waals surface area contributed by atoms with Crippen LogP contribution >= 0.6 is 24.0 Å². The highest BCUT2D eigenvalue weighted by Crippen LogP contribution is 2.30. The summed E-state index contributed by atoms with van der Waals surface area (Å²) >= 11 is 6.26. The standard InChI is InChI=1S/C13H21ClN2.ClH/c1-5-9(2)13(15)11-7-6-10(16(3)4)8-12(11)14;/h6-9,13H,5,15H2,1-4H3;1H/t9?,13-;/m1./s1.